The number of alkyl halides is 3. The van der Waals surface area contributed by atoms with Crippen LogP contribution in [0.4, 0.5) is 18.9 Å². The summed E-state index contributed by atoms with van der Waals surface area (Å²) in [6.45, 7) is 2.57. The van der Waals surface area contributed by atoms with E-state index in [1.165, 1.54) is 6.07 Å². The number of nitrogens with one attached hydrogen (secondary N) is 2. The van der Waals surface area contributed by atoms with Gasteiger partial charge in [0.25, 0.3) is 11.8 Å². The molecular weight excluding hydrogens is 491 g/mol. The number of rotatable bonds is 5. The minimum atomic E-state index is -4.50. The minimum Gasteiger partial charge on any atom is -0.490 e. The Morgan fingerprint density at radius 1 is 1.11 bits per heavy atom. The number of likely N-dealkylation sites (N-methyl/N-ethyl adjacent to an activating group) is 1. The molecule has 2 aliphatic heterocycles. The van der Waals surface area contributed by atoms with E-state index < -0.39 is 23.8 Å². The molecule has 3 atom stereocenters. The van der Waals surface area contributed by atoms with Gasteiger partial charge >= 0.3 is 6.18 Å². The van der Waals surface area contributed by atoms with Crippen molar-refractivity contribution in [3.05, 3.63) is 59.2 Å². The molecule has 2 heterocycles. The first-order chi connectivity index (χ1) is 17.6. The highest BCUT2D eigenvalue weighted by Crippen LogP contribution is 2.33. The van der Waals surface area contributed by atoms with Gasteiger partial charge in [0.1, 0.15) is 18.5 Å². The average molecular weight is 520 g/mol. The van der Waals surface area contributed by atoms with Crippen molar-refractivity contribution in [1.29, 1.82) is 0 Å². The van der Waals surface area contributed by atoms with E-state index in [-0.39, 0.29) is 48.1 Å². The highest BCUT2D eigenvalue weighted by Gasteiger charge is 2.39. The molecular formula is C26H28F3N3O5. The number of hydrogen-bond acceptors (Lipinski definition) is 5. The monoisotopic (exact) mass is 519 g/mol. The van der Waals surface area contributed by atoms with Gasteiger partial charge < -0.3 is 25.0 Å². The maximum atomic E-state index is 13.3. The molecule has 8 nitrogen and oxygen atoms in total. The lowest BCUT2D eigenvalue weighted by atomic mass is 9.94. The molecule has 0 bridgehead atoms. The summed E-state index contributed by atoms with van der Waals surface area (Å²) in [5.74, 6) is -0.697. The van der Waals surface area contributed by atoms with E-state index in [2.05, 4.69) is 10.6 Å². The fraction of sp³-hybridized carbons (Fsp3) is 0.423. The van der Waals surface area contributed by atoms with Crippen molar-refractivity contribution in [3.8, 4) is 5.75 Å². The lowest BCUT2D eigenvalue weighted by Crippen LogP contribution is -2.54. The van der Waals surface area contributed by atoms with E-state index in [1.54, 1.807) is 24.1 Å². The van der Waals surface area contributed by atoms with Gasteiger partial charge in [-0.2, -0.15) is 13.2 Å². The van der Waals surface area contributed by atoms with E-state index in [4.69, 9.17) is 9.47 Å². The number of amides is 3. The number of carbonyl (C=O) groups is 3. The topological polar surface area (TPSA) is 97.0 Å². The van der Waals surface area contributed by atoms with Crippen molar-refractivity contribution in [1.82, 2.24) is 10.2 Å². The van der Waals surface area contributed by atoms with Crippen LogP contribution in [0, 0.1) is 0 Å². The smallest absolute Gasteiger partial charge is 0.416 e. The molecule has 0 spiro atoms. The Bertz CT molecular complexity index is 1170. The summed E-state index contributed by atoms with van der Waals surface area (Å²) in [5, 5.41) is 5.38. The molecule has 1 saturated heterocycles. The first-order valence-electron chi connectivity index (χ1n) is 12.0. The molecule has 2 aromatic rings. The number of fused-ring (bicyclic) bond motifs is 2. The third kappa shape index (κ3) is 6.04. The zero-order valence-electron chi connectivity index (χ0n) is 20.4. The second-order valence-corrected chi connectivity index (χ2v) is 9.07. The molecule has 2 N–H and O–H groups in total. The number of anilines is 1. The van der Waals surface area contributed by atoms with E-state index in [1.807, 2.05) is 6.92 Å². The molecule has 0 radical (unpaired) electrons. The lowest BCUT2D eigenvalue weighted by molar-refractivity contribution is -0.137. The van der Waals surface area contributed by atoms with Crippen molar-refractivity contribution >= 4 is 23.4 Å². The summed E-state index contributed by atoms with van der Waals surface area (Å²) in [5.41, 5.74) is -0.260. The van der Waals surface area contributed by atoms with E-state index in [0.29, 0.717) is 30.8 Å². The van der Waals surface area contributed by atoms with Crippen LogP contribution in [0.15, 0.2) is 42.5 Å². The van der Waals surface area contributed by atoms with Gasteiger partial charge in [-0.15, -0.1) is 0 Å². The lowest BCUT2D eigenvalue weighted by Gasteiger charge is -2.42. The van der Waals surface area contributed by atoms with Crippen molar-refractivity contribution < 1.29 is 37.0 Å². The summed E-state index contributed by atoms with van der Waals surface area (Å²) < 4.78 is 50.4. The van der Waals surface area contributed by atoms with Gasteiger partial charge in [0.05, 0.1) is 29.7 Å². The molecule has 11 heteroatoms. The molecule has 1 fully saturated rings. The maximum absolute atomic E-state index is 13.3. The Morgan fingerprint density at radius 2 is 1.84 bits per heavy atom. The summed E-state index contributed by atoms with van der Waals surface area (Å²) in [7, 11) is 1.68. The fourth-order valence-corrected chi connectivity index (χ4v) is 4.60. The van der Waals surface area contributed by atoms with Gasteiger partial charge in [-0.05, 0) is 62.2 Å². The van der Waals surface area contributed by atoms with Gasteiger partial charge in [-0.25, -0.2) is 0 Å². The third-order valence-electron chi connectivity index (χ3n) is 6.53. The van der Waals surface area contributed by atoms with E-state index >= 15 is 0 Å². The van der Waals surface area contributed by atoms with Crippen LogP contribution in [0.2, 0.25) is 0 Å². The van der Waals surface area contributed by atoms with Crippen molar-refractivity contribution in [2.75, 3.05) is 25.5 Å². The second-order valence-electron chi connectivity index (χ2n) is 9.07. The Morgan fingerprint density at radius 3 is 2.51 bits per heavy atom. The van der Waals surface area contributed by atoms with Crippen molar-refractivity contribution in [2.45, 2.75) is 50.6 Å². The Balaban J connectivity index is 1.47. The number of ether oxygens (including phenoxy) is 2. The van der Waals surface area contributed by atoms with Gasteiger partial charge in [0.2, 0.25) is 5.91 Å². The molecule has 0 saturated carbocycles. The van der Waals surface area contributed by atoms with Gasteiger partial charge in [0.15, 0.2) is 0 Å². The Labute approximate surface area is 212 Å². The number of hydrogen-bond donors (Lipinski definition) is 2. The van der Waals surface area contributed by atoms with Crippen LogP contribution in [-0.2, 0) is 15.7 Å². The standard InChI is InChI=1S/C26H28F3N3O5/c1-3-30-23(33)13-18-9-10-20-22(37-18)14-36-21-11-8-17(12-19(21)25(35)32(20)2)31-24(34)15-4-6-16(7-5-15)26(27,28)29/h4-8,11-12,18,20,22H,3,9-10,13-14H2,1-2H3,(H,30,33)(H,31,34)/t18-,20+,22+/m0/s1. The van der Waals surface area contributed by atoms with Crippen molar-refractivity contribution in [3.63, 3.8) is 0 Å². The van der Waals surface area contributed by atoms with Crippen LogP contribution in [0.1, 0.15) is 52.5 Å². The number of nitrogens with zero attached hydrogens (tertiary/aromatic N) is 1. The second kappa shape index (κ2) is 10.8. The van der Waals surface area contributed by atoms with Gasteiger partial charge in [0, 0.05) is 24.8 Å². The number of carbonyl (C=O) groups excluding carboxylic acids is 3. The molecule has 2 aromatic carbocycles. The van der Waals surface area contributed by atoms with E-state index in [9.17, 15) is 27.6 Å². The van der Waals surface area contributed by atoms with Crippen LogP contribution < -0.4 is 15.4 Å². The van der Waals surface area contributed by atoms with Crippen LogP contribution in [0.5, 0.6) is 5.75 Å². The molecule has 4 rings (SSSR count). The van der Waals surface area contributed by atoms with E-state index in [0.717, 1.165) is 24.3 Å². The van der Waals surface area contributed by atoms with Crippen LogP contribution in [0.3, 0.4) is 0 Å². The third-order valence-corrected chi connectivity index (χ3v) is 6.53. The first-order valence-corrected chi connectivity index (χ1v) is 12.0. The normalized spacial score (nSPS) is 21.6. The predicted octanol–water partition coefficient (Wildman–Crippen LogP) is 3.86. The highest BCUT2D eigenvalue weighted by atomic mass is 19.4. The Kier molecular flexibility index (Phi) is 7.72. The summed E-state index contributed by atoms with van der Waals surface area (Å²) >= 11 is 0. The maximum Gasteiger partial charge on any atom is 0.416 e. The highest BCUT2D eigenvalue weighted by molar-refractivity contribution is 6.05. The zero-order valence-corrected chi connectivity index (χ0v) is 20.4. The zero-order chi connectivity index (χ0) is 26.7. The summed E-state index contributed by atoms with van der Waals surface area (Å²) in [4.78, 5) is 39.5. The summed E-state index contributed by atoms with van der Waals surface area (Å²) in [6.07, 6.45) is -3.67. The van der Waals surface area contributed by atoms with Crippen LogP contribution in [-0.4, -0.2) is 61.1 Å². The average Bonchev–Trinajstić information content (AvgIpc) is 2.86. The SMILES string of the molecule is CCNC(=O)C[C@@H]1CC[C@@H]2[C@@H](COc3ccc(NC(=O)c4ccc(C(F)(F)F)cc4)cc3C(=O)N2C)O1. The predicted molar refractivity (Wildman–Crippen MR) is 128 cm³/mol. The minimum absolute atomic E-state index is 0.0452. The van der Waals surface area contributed by atoms with Crippen LogP contribution in [0.25, 0.3) is 0 Å². The molecule has 0 aliphatic carbocycles. The molecule has 0 unspecified atom stereocenters. The Hall–Kier alpha value is -3.60. The van der Waals surface area contributed by atoms with Crippen LogP contribution >= 0.6 is 0 Å². The van der Waals surface area contributed by atoms with Crippen molar-refractivity contribution in [2.24, 2.45) is 0 Å². The number of benzene rings is 2. The molecule has 37 heavy (non-hydrogen) atoms. The molecule has 0 aromatic heterocycles. The quantitative estimate of drug-likeness (QED) is 0.626. The molecule has 2 aliphatic rings. The largest absolute Gasteiger partial charge is 0.490 e. The molecule has 198 valence electrons. The molecule has 3 amide bonds. The van der Waals surface area contributed by atoms with Gasteiger partial charge in [-0.1, -0.05) is 0 Å². The fourth-order valence-electron chi connectivity index (χ4n) is 4.60. The number of halogens is 3. The first kappa shape index (κ1) is 26.5. The summed E-state index contributed by atoms with van der Waals surface area (Å²) in [6, 6.07) is 8.20. The van der Waals surface area contributed by atoms with Gasteiger partial charge in [-0.3, -0.25) is 14.4 Å².